The molecule has 0 aliphatic heterocycles. The third-order valence-electron chi connectivity index (χ3n) is 3.42. The van der Waals surface area contributed by atoms with Crippen molar-refractivity contribution in [2.24, 2.45) is 4.99 Å². The number of nitrogens with zero attached hydrogens (tertiary/aromatic N) is 1. The highest BCUT2D eigenvalue weighted by Crippen LogP contribution is 2.28. The van der Waals surface area contributed by atoms with Crippen molar-refractivity contribution in [1.82, 2.24) is 0 Å². The maximum atomic E-state index is 5.51. The Morgan fingerprint density at radius 2 is 1.90 bits per heavy atom. The molecule has 2 aromatic rings. The summed E-state index contributed by atoms with van der Waals surface area (Å²) in [6.07, 6.45) is 1.85. The van der Waals surface area contributed by atoms with E-state index in [2.05, 4.69) is 24.9 Å². The van der Waals surface area contributed by atoms with Gasteiger partial charge in [-0.1, -0.05) is 12.1 Å². The lowest BCUT2D eigenvalue weighted by molar-refractivity contribution is 0.311. The van der Waals surface area contributed by atoms with Crippen LogP contribution in [0, 0.1) is 13.8 Å². The lowest BCUT2D eigenvalue weighted by atomic mass is 10.1. The zero-order valence-electron chi connectivity index (χ0n) is 13.0. The van der Waals surface area contributed by atoms with Crippen molar-refractivity contribution >= 4 is 11.9 Å². The summed E-state index contributed by atoms with van der Waals surface area (Å²) in [6.45, 7) is 6.75. The maximum Gasteiger partial charge on any atom is 0.161 e. The molecule has 3 heteroatoms. The van der Waals surface area contributed by atoms with Crippen LogP contribution in [-0.2, 0) is 0 Å². The fourth-order valence-corrected chi connectivity index (χ4v) is 2.06. The van der Waals surface area contributed by atoms with E-state index in [1.165, 1.54) is 11.1 Å². The van der Waals surface area contributed by atoms with Gasteiger partial charge in [0.05, 0.1) is 19.4 Å². The molecule has 0 aromatic heterocycles. The Kier molecular flexibility index (Phi) is 4.99. The van der Waals surface area contributed by atoms with Gasteiger partial charge in [0.15, 0.2) is 11.5 Å². The van der Waals surface area contributed by atoms with Crippen LogP contribution in [0.15, 0.2) is 41.4 Å². The van der Waals surface area contributed by atoms with E-state index in [-0.39, 0.29) is 0 Å². The average Bonchev–Trinajstić information content (AvgIpc) is 2.50. The van der Waals surface area contributed by atoms with E-state index in [4.69, 9.17) is 9.47 Å². The van der Waals surface area contributed by atoms with Crippen LogP contribution in [0.2, 0.25) is 0 Å². The lowest BCUT2D eigenvalue weighted by Gasteiger charge is -2.09. The summed E-state index contributed by atoms with van der Waals surface area (Å²) in [4.78, 5) is 4.57. The van der Waals surface area contributed by atoms with Gasteiger partial charge in [0, 0.05) is 6.21 Å². The molecule has 21 heavy (non-hydrogen) atoms. The van der Waals surface area contributed by atoms with Gasteiger partial charge in [0.25, 0.3) is 0 Å². The molecule has 0 N–H and O–H groups in total. The van der Waals surface area contributed by atoms with Crippen LogP contribution in [0.3, 0.4) is 0 Å². The minimum Gasteiger partial charge on any atom is -0.493 e. The second-order valence-electron chi connectivity index (χ2n) is 4.82. The quantitative estimate of drug-likeness (QED) is 0.758. The summed E-state index contributed by atoms with van der Waals surface area (Å²) in [5.74, 6) is 1.48. The Labute approximate surface area is 126 Å². The molecule has 0 spiro atoms. The first kappa shape index (κ1) is 15.1. The van der Waals surface area contributed by atoms with E-state index >= 15 is 0 Å². The van der Waals surface area contributed by atoms with E-state index < -0.39 is 0 Å². The molecule has 0 bridgehead atoms. The van der Waals surface area contributed by atoms with Crippen molar-refractivity contribution in [2.45, 2.75) is 20.8 Å². The normalized spacial score (nSPS) is 10.9. The van der Waals surface area contributed by atoms with E-state index in [9.17, 15) is 0 Å². The Morgan fingerprint density at radius 3 is 2.62 bits per heavy atom. The molecule has 0 aliphatic rings. The zero-order chi connectivity index (χ0) is 15.2. The van der Waals surface area contributed by atoms with Crippen molar-refractivity contribution in [3.63, 3.8) is 0 Å². The van der Waals surface area contributed by atoms with Crippen LogP contribution in [0.5, 0.6) is 11.5 Å². The Morgan fingerprint density at radius 1 is 1.10 bits per heavy atom. The van der Waals surface area contributed by atoms with Crippen molar-refractivity contribution in [1.29, 1.82) is 0 Å². The van der Waals surface area contributed by atoms with Gasteiger partial charge in [-0.2, -0.15) is 0 Å². The van der Waals surface area contributed by atoms with E-state index in [1.807, 2.05) is 43.5 Å². The van der Waals surface area contributed by atoms with E-state index in [0.29, 0.717) is 6.61 Å². The summed E-state index contributed by atoms with van der Waals surface area (Å²) in [7, 11) is 1.64. The first-order valence-corrected chi connectivity index (χ1v) is 7.06. The predicted molar refractivity (Wildman–Crippen MR) is 87.3 cm³/mol. The third-order valence-corrected chi connectivity index (χ3v) is 3.42. The average molecular weight is 283 g/mol. The molecule has 0 heterocycles. The molecule has 2 rings (SSSR count). The van der Waals surface area contributed by atoms with Crippen LogP contribution in [0.1, 0.15) is 23.6 Å². The first-order valence-electron chi connectivity index (χ1n) is 7.06. The summed E-state index contributed by atoms with van der Waals surface area (Å²) >= 11 is 0. The number of hydrogen-bond acceptors (Lipinski definition) is 3. The molecule has 0 fully saturated rings. The Bertz CT molecular complexity index is 648. The molecule has 0 saturated carbocycles. The number of methoxy groups -OCH3 is 1. The monoisotopic (exact) mass is 283 g/mol. The number of hydrogen-bond donors (Lipinski definition) is 0. The highest BCUT2D eigenvalue weighted by atomic mass is 16.5. The first-order chi connectivity index (χ1) is 10.2. The van der Waals surface area contributed by atoms with Gasteiger partial charge in [-0.3, -0.25) is 4.99 Å². The van der Waals surface area contributed by atoms with Gasteiger partial charge in [0.2, 0.25) is 0 Å². The molecule has 2 aromatic carbocycles. The second kappa shape index (κ2) is 6.93. The molecule has 110 valence electrons. The molecule has 0 aliphatic carbocycles. The van der Waals surface area contributed by atoms with Gasteiger partial charge >= 0.3 is 0 Å². The van der Waals surface area contributed by atoms with Gasteiger partial charge in [-0.15, -0.1) is 0 Å². The minimum atomic E-state index is 0.617. The number of aryl methyl sites for hydroxylation is 1. The fourth-order valence-electron chi connectivity index (χ4n) is 2.06. The smallest absolute Gasteiger partial charge is 0.161 e. The van der Waals surface area contributed by atoms with Crippen LogP contribution < -0.4 is 9.47 Å². The van der Waals surface area contributed by atoms with Gasteiger partial charge < -0.3 is 9.47 Å². The second-order valence-corrected chi connectivity index (χ2v) is 4.82. The minimum absolute atomic E-state index is 0.617. The third kappa shape index (κ3) is 3.63. The summed E-state index contributed by atoms with van der Waals surface area (Å²) < 4.78 is 10.9. The van der Waals surface area contributed by atoms with Crippen molar-refractivity contribution in [2.75, 3.05) is 13.7 Å². The molecule has 3 nitrogen and oxygen atoms in total. The SMILES string of the molecule is CCOc1ccc(C=Nc2cccc(C)c2C)cc1OC. The predicted octanol–water partition coefficient (Wildman–Crippen LogP) is 4.46. The van der Waals surface area contributed by atoms with Crippen LogP contribution in [0.4, 0.5) is 5.69 Å². The van der Waals surface area contributed by atoms with Crippen LogP contribution >= 0.6 is 0 Å². The Hall–Kier alpha value is -2.29. The van der Waals surface area contributed by atoms with Gasteiger partial charge in [0.1, 0.15) is 0 Å². The fraction of sp³-hybridized carbons (Fsp3) is 0.278. The molecular weight excluding hydrogens is 262 g/mol. The number of benzene rings is 2. The Balaban J connectivity index is 2.27. The lowest BCUT2D eigenvalue weighted by Crippen LogP contribution is -1.96. The van der Waals surface area contributed by atoms with Crippen molar-refractivity contribution in [3.05, 3.63) is 53.1 Å². The maximum absolute atomic E-state index is 5.51. The van der Waals surface area contributed by atoms with Crippen molar-refractivity contribution < 1.29 is 9.47 Å². The highest BCUT2D eigenvalue weighted by molar-refractivity contribution is 5.83. The number of rotatable bonds is 5. The van der Waals surface area contributed by atoms with E-state index in [1.54, 1.807) is 7.11 Å². The molecule has 0 amide bonds. The standard InChI is InChI=1S/C18H21NO2/c1-5-21-17-10-9-15(11-18(17)20-4)12-19-16-8-6-7-13(2)14(16)3/h6-12H,5H2,1-4H3. The van der Waals surface area contributed by atoms with Gasteiger partial charge in [-0.05, 0) is 61.7 Å². The molecule has 0 unspecified atom stereocenters. The van der Waals surface area contributed by atoms with Gasteiger partial charge in [-0.25, -0.2) is 0 Å². The summed E-state index contributed by atoms with van der Waals surface area (Å²) in [5.41, 5.74) is 4.42. The molecular formula is C18H21NO2. The van der Waals surface area contributed by atoms with Crippen LogP contribution in [0.25, 0.3) is 0 Å². The van der Waals surface area contributed by atoms with Crippen LogP contribution in [-0.4, -0.2) is 19.9 Å². The summed E-state index contributed by atoms with van der Waals surface area (Å²) in [5, 5.41) is 0. The molecule has 0 radical (unpaired) electrons. The highest BCUT2D eigenvalue weighted by Gasteiger charge is 2.04. The van der Waals surface area contributed by atoms with Crippen molar-refractivity contribution in [3.8, 4) is 11.5 Å². The number of aliphatic imine (C=N–C) groups is 1. The van der Waals surface area contributed by atoms with E-state index in [0.717, 1.165) is 22.7 Å². The number of ether oxygens (including phenoxy) is 2. The zero-order valence-corrected chi connectivity index (χ0v) is 13.0. The molecule has 0 saturated heterocycles. The largest absolute Gasteiger partial charge is 0.493 e. The topological polar surface area (TPSA) is 30.8 Å². The molecule has 0 atom stereocenters. The summed E-state index contributed by atoms with van der Waals surface area (Å²) in [6, 6.07) is 11.9.